The van der Waals surface area contributed by atoms with E-state index in [1.807, 2.05) is 18.2 Å². The van der Waals surface area contributed by atoms with Gasteiger partial charge in [0.15, 0.2) is 0 Å². The summed E-state index contributed by atoms with van der Waals surface area (Å²) >= 11 is 11.4. The molecule has 1 unspecified atom stereocenters. The summed E-state index contributed by atoms with van der Waals surface area (Å²) in [6, 6.07) is 7.92. The lowest BCUT2D eigenvalue weighted by Gasteiger charge is -2.18. The maximum atomic E-state index is 6.09. The summed E-state index contributed by atoms with van der Waals surface area (Å²) in [5.41, 5.74) is 0.929. The minimum atomic E-state index is 0.187. The van der Waals surface area contributed by atoms with Crippen LogP contribution >= 0.6 is 38.9 Å². The highest BCUT2D eigenvalue weighted by atomic mass is 79.9. The molecule has 1 heterocycles. The van der Waals surface area contributed by atoms with E-state index in [1.165, 1.54) is 4.88 Å². The Labute approximate surface area is 137 Å². The fraction of sp³-hybridized carbons (Fsp3) is 0.333. The van der Waals surface area contributed by atoms with Crippen molar-refractivity contribution in [2.24, 2.45) is 0 Å². The van der Waals surface area contributed by atoms with E-state index in [9.17, 15) is 0 Å². The Morgan fingerprint density at radius 2 is 2.20 bits per heavy atom. The summed E-state index contributed by atoms with van der Waals surface area (Å²) < 4.78 is 6.89. The summed E-state index contributed by atoms with van der Waals surface area (Å²) in [7, 11) is 0. The van der Waals surface area contributed by atoms with Crippen LogP contribution in [0.4, 0.5) is 5.69 Å². The maximum absolute atomic E-state index is 6.09. The van der Waals surface area contributed by atoms with Crippen LogP contribution in [-0.4, -0.2) is 6.61 Å². The molecule has 0 aliphatic carbocycles. The lowest BCUT2D eigenvalue weighted by molar-refractivity contribution is 0.318. The van der Waals surface area contributed by atoms with Crippen molar-refractivity contribution in [1.29, 1.82) is 0 Å². The van der Waals surface area contributed by atoms with Crippen molar-refractivity contribution in [1.82, 2.24) is 0 Å². The van der Waals surface area contributed by atoms with Crippen LogP contribution in [0.5, 0.6) is 5.75 Å². The van der Waals surface area contributed by atoms with Crippen molar-refractivity contribution >= 4 is 44.6 Å². The number of hydrogen-bond donors (Lipinski definition) is 1. The van der Waals surface area contributed by atoms with Gasteiger partial charge in [-0.1, -0.05) is 18.5 Å². The largest absolute Gasteiger partial charge is 0.491 e. The molecule has 5 heteroatoms. The molecule has 1 atom stereocenters. The maximum Gasteiger partial charge on any atom is 0.142 e. The summed E-state index contributed by atoms with van der Waals surface area (Å²) in [4.78, 5) is 1.26. The van der Waals surface area contributed by atoms with Crippen molar-refractivity contribution in [3.8, 4) is 5.75 Å². The second-order valence-corrected chi connectivity index (χ2v) is 6.73. The van der Waals surface area contributed by atoms with E-state index in [0.29, 0.717) is 11.6 Å². The van der Waals surface area contributed by atoms with E-state index in [0.717, 1.165) is 22.3 Å². The molecule has 0 amide bonds. The third-order valence-corrected chi connectivity index (χ3v) is 5.10. The van der Waals surface area contributed by atoms with Gasteiger partial charge in [0.1, 0.15) is 5.75 Å². The average molecular weight is 375 g/mol. The van der Waals surface area contributed by atoms with Crippen LogP contribution < -0.4 is 10.1 Å². The first-order valence-corrected chi connectivity index (χ1v) is 8.58. The number of ether oxygens (including phenoxy) is 1. The number of nitrogens with one attached hydrogen (secondary N) is 1. The smallest absolute Gasteiger partial charge is 0.142 e. The minimum absolute atomic E-state index is 0.187. The molecule has 20 heavy (non-hydrogen) atoms. The van der Waals surface area contributed by atoms with Crippen molar-refractivity contribution < 1.29 is 4.74 Å². The fourth-order valence-electron chi connectivity index (χ4n) is 1.87. The first-order chi connectivity index (χ1) is 9.61. The molecule has 0 saturated carbocycles. The fourth-order valence-corrected chi connectivity index (χ4v) is 3.76. The molecule has 1 N–H and O–H groups in total. The average Bonchev–Trinajstić information content (AvgIpc) is 2.84. The Hall–Kier alpha value is -0.710. The van der Waals surface area contributed by atoms with Gasteiger partial charge in [-0.15, -0.1) is 11.3 Å². The Balaban J connectivity index is 2.19. The van der Waals surface area contributed by atoms with Crippen molar-refractivity contribution in [2.75, 3.05) is 11.9 Å². The summed E-state index contributed by atoms with van der Waals surface area (Å²) in [6.07, 6.45) is 0.980. The van der Waals surface area contributed by atoms with E-state index in [4.69, 9.17) is 16.3 Å². The van der Waals surface area contributed by atoms with Crippen LogP contribution in [0.1, 0.15) is 31.2 Å². The lowest BCUT2D eigenvalue weighted by atomic mass is 10.2. The third-order valence-electron chi connectivity index (χ3n) is 2.81. The van der Waals surface area contributed by atoms with Gasteiger partial charge in [-0.05, 0) is 58.9 Å². The molecular weight excluding hydrogens is 358 g/mol. The van der Waals surface area contributed by atoms with Crippen LogP contribution in [0, 0.1) is 0 Å². The topological polar surface area (TPSA) is 21.3 Å². The molecule has 2 nitrogen and oxygen atoms in total. The van der Waals surface area contributed by atoms with Gasteiger partial charge >= 0.3 is 0 Å². The molecule has 2 aromatic rings. The van der Waals surface area contributed by atoms with Gasteiger partial charge in [0, 0.05) is 14.4 Å². The highest BCUT2D eigenvalue weighted by Crippen LogP contribution is 2.35. The van der Waals surface area contributed by atoms with Gasteiger partial charge in [0.05, 0.1) is 18.3 Å². The van der Waals surface area contributed by atoms with E-state index in [1.54, 1.807) is 11.3 Å². The van der Waals surface area contributed by atoms with Crippen LogP contribution in [0.15, 0.2) is 34.1 Å². The highest BCUT2D eigenvalue weighted by molar-refractivity contribution is 9.10. The van der Waals surface area contributed by atoms with Crippen LogP contribution in [0.25, 0.3) is 0 Å². The molecule has 1 aromatic heterocycles. The Morgan fingerprint density at radius 3 is 2.85 bits per heavy atom. The van der Waals surface area contributed by atoms with Gasteiger partial charge < -0.3 is 10.1 Å². The Morgan fingerprint density at radius 1 is 1.40 bits per heavy atom. The normalized spacial score (nSPS) is 12.2. The van der Waals surface area contributed by atoms with Crippen molar-refractivity contribution in [2.45, 2.75) is 26.3 Å². The monoisotopic (exact) mass is 373 g/mol. The Kier molecular flexibility index (Phi) is 5.75. The number of halogens is 2. The molecule has 0 radical (unpaired) electrons. The van der Waals surface area contributed by atoms with Crippen molar-refractivity contribution in [3.63, 3.8) is 0 Å². The SMILES string of the molecule is CCCOc1ccc(Cl)cc1NC(C)c1sccc1Br. The van der Waals surface area contributed by atoms with Crippen molar-refractivity contribution in [3.05, 3.63) is 44.0 Å². The number of thiophene rings is 1. The molecule has 0 aliphatic rings. The van der Waals surface area contributed by atoms with Gasteiger partial charge in [-0.25, -0.2) is 0 Å². The summed E-state index contributed by atoms with van der Waals surface area (Å²) in [5.74, 6) is 0.843. The number of anilines is 1. The number of rotatable bonds is 6. The molecule has 0 spiro atoms. The van der Waals surface area contributed by atoms with E-state index in [2.05, 4.69) is 46.5 Å². The molecular formula is C15H17BrClNOS. The molecule has 0 fully saturated rings. The molecule has 108 valence electrons. The van der Waals surface area contributed by atoms with E-state index >= 15 is 0 Å². The number of benzene rings is 1. The molecule has 0 aliphatic heterocycles. The molecule has 1 aromatic carbocycles. The first kappa shape index (κ1) is 15.7. The summed E-state index contributed by atoms with van der Waals surface area (Å²) in [5, 5.41) is 6.25. The Bertz CT molecular complexity index is 573. The summed E-state index contributed by atoms with van der Waals surface area (Å²) in [6.45, 7) is 4.92. The molecule has 2 rings (SSSR count). The zero-order chi connectivity index (χ0) is 14.5. The standard InChI is InChI=1S/C15H17BrClNOS/c1-3-7-19-14-5-4-11(17)9-13(14)18-10(2)15-12(16)6-8-20-15/h4-6,8-10,18H,3,7H2,1-2H3. The lowest BCUT2D eigenvalue weighted by Crippen LogP contribution is -2.07. The zero-order valence-corrected chi connectivity index (χ0v) is 14.6. The van der Waals surface area contributed by atoms with Gasteiger partial charge in [0.25, 0.3) is 0 Å². The van der Waals surface area contributed by atoms with Crippen LogP contribution in [-0.2, 0) is 0 Å². The van der Waals surface area contributed by atoms with Crippen LogP contribution in [0.2, 0.25) is 5.02 Å². The van der Waals surface area contributed by atoms with Gasteiger partial charge in [0.2, 0.25) is 0 Å². The highest BCUT2D eigenvalue weighted by Gasteiger charge is 2.13. The van der Waals surface area contributed by atoms with E-state index in [-0.39, 0.29) is 6.04 Å². The second kappa shape index (κ2) is 7.34. The molecule has 0 saturated heterocycles. The van der Waals surface area contributed by atoms with Gasteiger partial charge in [-0.3, -0.25) is 0 Å². The molecule has 0 bridgehead atoms. The number of hydrogen-bond acceptors (Lipinski definition) is 3. The predicted octanol–water partition coefficient (Wildman–Crippen LogP) is 6.13. The predicted molar refractivity (Wildman–Crippen MR) is 91.3 cm³/mol. The quantitative estimate of drug-likeness (QED) is 0.657. The van der Waals surface area contributed by atoms with Crippen LogP contribution in [0.3, 0.4) is 0 Å². The second-order valence-electron chi connectivity index (χ2n) is 4.49. The minimum Gasteiger partial charge on any atom is -0.491 e. The van der Waals surface area contributed by atoms with Gasteiger partial charge in [-0.2, -0.15) is 0 Å². The van der Waals surface area contributed by atoms with E-state index < -0.39 is 0 Å². The third kappa shape index (κ3) is 3.90. The first-order valence-electron chi connectivity index (χ1n) is 6.53. The zero-order valence-electron chi connectivity index (χ0n) is 11.5.